The summed E-state index contributed by atoms with van der Waals surface area (Å²) in [6.45, 7) is 0.693. The van der Waals surface area contributed by atoms with Crippen molar-refractivity contribution in [3.8, 4) is 11.5 Å². The predicted molar refractivity (Wildman–Crippen MR) is 63.5 cm³/mol. The fourth-order valence-corrected chi connectivity index (χ4v) is 2.31. The molecule has 1 N–H and O–H groups in total. The molecule has 1 aromatic heterocycles. The van der Waals surface area contributed by atoms with Crippen molar-refractivity contribution >= 4 is 0 Å². The van der Waals surface area contributed by atoms with Crippen molar-refractivity contribution in [3.05, 3.63) is 42.0 Å². The van der Waals surface area contributed by atoms with Crippen molar-refractivity contribution < 1.29 is 9.47 Å². The number of imidazole rings is 1. The fourth-order valence-electron chi connectivity index (χ4n) is 2.31. The second-order valence-electron chi connectivity index (χ2n) is 4.04. The van der Waals surface area contributed by atoms with Gasteiger partial charge in [0.2, 0.25) is 0 Å². The van der Waals surface area contributed by atoms with Gasteiger partial charge >= 0.3 is 0 Å². The highest BCUT2D eigenvalue weighted by molar-refractivity contribution is 5.50. The van der Waals surface area contributed by atoms with Gasteiger partial charge in [-0.25, -0.2) is 4.98 Å². The van der Waals surface area contributed by atoms with Crippen LogP contribution < -0.4 is 9.47 Å². The van der Waals surface area contributed by atoms with Crippen LogP contribution in [-0.2, 0) is 0 Å². The number of aromatic nitrogens is 2. The number of fused-ring (bicyclic) bond motifs is 1. The Morgan fingerprint density at radius 3 is 3.18 bits per heavy atom. The van der Waals surface area contributed by atoms with Crippen LogP contribution in [-0.4, -0.2) is 23.7 Å². The summed E-state index contributed by atoms with van der Waals surface area (Å²) < 4.78 is 11.0. The molecular formula is C13H14N2O2. The Labute approximate surface area is 99.6 Å². The van der Waals surface area contributed by atoms with E-state index in [-0.39, 0.29) is 5.92 Å². The van der Waals surface area contributed by atoms with Gasteiger partial charge in [-0.05, 0) is 12.5 Å². The molecule has 1 aliphatic rings. The third-order valence-electron chi connectivity index (χ3n) is 3.11. The number of H-pyrrole nitrogens is 1. The molecule has 0 spiro atoms. The molecule has 4 heteroatoms. The first-order valence-corrected chi connectivity index (χ1v) is 5.69. The lowest BCUT2D eigenvalue weighted by atomic mass is 9.92. The highest BCUT2D eigenvalue weighted by Gasteiger charge is 2.26. The van der Waals surface area contributed by atoms with E-state index in [1.54, 1.807) is 13.3 Å². The zero-order chi connectivity index (χ0) is 11.7. The molecule has 2 heterocycles. The Kier molecular flexibility index (Phi) is 2.48. The molecule has 0 aliphatic carbocycles. The maximum atomic E-state index is 5.71. The van der Waals surface area contributed by atoms with Crippen LogP contribution in [0.1, 0.15) is 23.7 Å². The van der Waals surface area contributed by atoms with E-state index in [2.05, 4.69) is 16.0 Å². The van der Waals surface area contributed by atoms with Crippen LogP contribution in [0.4, 0.5) is 0 Å². The SMILES string of the molecule is COc1cccc2c1OCCC2c1ncc[nH]1. The number of ether oxygens (including phenoxy) is 2. The molecule has 2 aromatic rings. The molecule has 0 bridgehead atoms. The molecule has 4 nitrogen and oxygen atoms in total. The number of hydrogen-bond donors (Lipinski definition) is 1. The van der Waals surface area contributed by atoms with Crippen molar-refractivity contribution in [2.24, 2.45) is 0 Å². The average Bonchev–Trinajstić information content (AvgIpc) is 2.91. The zero-order valence-electron chi connectivity index (χ0n) is 9.64. The predicted octanol–water partition coefficient (Wildman–Crippen LogP) is 2.33. The third-order valence-corrected chi connectivity index (χ3v) is 3.11. The van der Waals surface area contributed by atoms with Gasteiger partial charge in [0.25, 0.3) is 0 Å². The van der Waals surface area contributed by atoms with E-state index in [9.17, 15) is 0 Å². The van der Waals surface area contributed by atoms with E-state index in [1.807, 2.05) is 18.3 Å². The minimum absolute atomic E-state index is 0.267. The van der Waals surface area contributed by atoms with E-state index in [0.29, 0.717) is 6.61 Å². The van der Waals surface area contributed by atoms with E-state index in [4.69, 9.17) is 9.47 Å². The van der Waals surface area contributed by atoms with Crippen molar-refractivity contribution in [2.45, 2.75) is 12.3 Å². The van der Waals surface area contributed by atoms with Gasteiger partial charge in [0.1, 0.15) is 5.82 Å². The summed E-state index contributed by atoms with van der Waals surface area (Å²) >= 11 is 0. The topological polar surface area (TPSA) is 47.1 Å². The number of aromatic amines is 1. The van der Waals surface area contributed by atoms with Crippen molar-refractivity contribution in [1.29, 1.82) is 0 Å². The molecule has 3 rings (SSSR count). The smallest absolute Gasteiger partial charge is 0.165 e. The van der Waals surface area contributed by atoms with E-state index >= 15 is 0 Å². The van der Waals surface area contributed by atoms with Gasteiger partial charge < -0.3 is 14.5 Å². The molecule has 88 valence electrons. The maximum absolute atomic E-state index is 5.71. The number of methoxy groups -OCH3 is 1. The van der Waals surface area contributed by atoms with Gasteiger partial charge in [-0.1, -0.05) is 12.1 Å². The normalized spacial score (nSPS) is 18.3. The van der Waals surface area contributed by atoms with Crippen LogP contribution in [0.15, 0.2) is 30.6 Å². The Morgan fingerprint density at radius 1 is 1.47 bits per heavy atom. The van der Waals surface area contributed by atoms with Gasteiger partial charge in [-0.3, -0.25) is 0 Å². The molecule has 0 radical (unpaired) electrons. The maximum Gasteiger partial charge on any atom is 0.165 e. The second kappa shape index (κ2) is 4.13. The van der Waals surface area contributed by atoms with Gasteiger partial charge in [0, 0.05) is 23.9 Å². The Morgan fingerprint density at radius 2 is 2.41 bits per heavy atom. The van der Waals surface area contributed by atoms with E-state index in [0.717, 1.165) is 29.3 Å². The molecule has 0 fully saturated rings. The monoisotopic (exact) mass is 230 g/mol. The summed E-state index contributed by atoms with van der Waals surface area (Å²) in [5.41, 5.74) is 1.14. The quantitative estimate of drug-likeness (QED) is 0.861. The molecule has 0 saturated carbocycles. The second-order valence-corrected chi connectivity index (χ2v) is 4.04. The number of para-hydroxylation sites is 1. The standard InChI is InChI=1S/C13H14N2O2/c1-16-11-4-2-3-9-10(5-8-17-12(9)11)13-14-6-7-15-13/h2-4,6-7,10H,5,8H2,1H3,(H,14,15). The van der Waals surface area contributed by atoms with Crippen LogP contribution in [0.2, 0.25) is 0 Å². The molecule has 0 saturated heterocycles. The molecular weight excluding hydrogens is 216 g/mol. The van der Waals surface area contributed by atoms with Crippen molar-refractivity contribution in [2.75, 3.05) is 13.7 Å². The molecule has 1 aromatic carbocycles. The van der Waals surface area contributed by atoms with Crippen LogP contribution in [0.5, 0.6) is 11.5 Å². The van der Waals surface area contributed by atoms with Gasteiger partial charge in [-0.15, -0.1) is 0 Å². The first-order valence-electron chi connectivity index (χ1n) is 5.69. The highest BCUT2D eigenvalue weighted by atomic mass is 16.5. The fraction of sp³-hybridized carbons (Fsp3) is 0.308. The van der Waals surface area contributed by atoms with Crippen molar-refractivity contribution in [1.82, 2.24) is 9.97 Å². The third kappa shape index (κ3) is 1.65. The largest absolute Gasteiger partial charge is 0.493 e. The van der Waals surface area contributed by atoms with E-state index < -0.39 is 0 Å². The van der Waals surface area contributed by atoms with Crippen molar-refractivity contribution in [3.63, 3.8) is 0 Å². The van der Waals surface area contributed by atoms with Gasteiger partial charge in [-0.2, -0.15) is 0 Å². The number of nitrogens with one attached hydrogen (secondary N) is 1. The number of rotatable bonds is 2. The van der Waals surface area contributed by atoms with Crippen LogP contribution in [0, 0.1) is 0 Å². The van der Waals surface area contributed by atoms with E-state index in [1.165, 1.54) is 0 Å². The summed E-state index contributed by atoms with van der Waals surface area (Å²) in [4.78, 5) is 7.52. The average molecular weight is 230 g/mol. The first-order chi connectivity index (χ1) is 8.40. The molecule has 0 amide bonds. The summed E-state index contributed by atoms with van der Waals surface area (Å²) in [6, 6.07) is 5.98. The summed E-state index contributed by atoms with van der Waals surface area (Å²) in [5, 5.41) is 0. The lowest BCUT2D eigenvalue weighted by Gasteiger charge is -2.25. The zero-order valence-corrected chi connectivity index (χ0v) is 9.64. The first kappa shape index (κ1) is 10.2. The lowest BCUT2D eigenvalue weighted by Crippen LogP contribution is -2.16. The minimum Gasteiger partial charge on any atom is -0.493 e. The molecule has 1 unspecified atom stereocenters. The molecule has 1 atom stereocenters. The van der Waals surface area contributed by atoms with Crippen LogP contribution in [0.3, 0.4) is 0 Å². The number of nitrogens with zero attached hydrogens (tertiary/aromatic N) is 1. The number of hydrogen-bond acceptors (Lipinski definition) is 3. The molecule has 1 aliphatic heterocycles. The highest BCUT2D eigenvalue weighted by Crippen LogP contribution is 2.42. The number of benzene rings is 1. The minimum atomic E-state index is 0.267. The Bertz CT molecular complexity index is 508. The summed E-state index contributed by atoms with van der Waals surface area (Å²) in [6.07, 6.45) is 4.57. The summed E-state index contributed by atoms with van der Waals surface area (Å²) in [5.74, 6) is 2.90. The Balaban J connectivity index is 2.08. The molecule has 17 heavy (non-hydrogen) atoms. The Hall–Kier alpha value is -1.97. The van der Waals surface area contributed by atoms with Crippen LogP contribution >= 0.6 is 0 Å². The van der Waals surface area contributed by atoms with Gasteiger partial charge in [0.15, 0.2) is 11.5 Å². The van der Waals surface area contributed by atoms with Crippen LogP contribution in [0.25, 0.3) is 0 Å². The van der Waals surface area contributed by atoms with Gasteiger partial charge in [0.05, 0.1) is 13.7 Å². The lowest BCUT2D eigenvalue weighted by molar-refractivity contribution is 0.258. The summed E-state index contributed by atoms with van der Waals surface area (Å²) in [7, 11) is 1.66.